The van der Waals surface area contributed by atoms with Crippen molar-refractivity contribution in [2.75, 3.05) is 13.1 Å². The highest BCUT2D eigenvalue weighted by Crippen LogP contribution is 2.36. The van der Waals surface area contributed by atoms with Crippen molar-refractivity contribution in [1.82, 2.24) is 5.32 Å². The van der Waals surface area contributed by atoms with E-state index in [1.54, 1.807) is 0 Å². The molecule has 3 heteroatoms. The van der Waals surface area contributed by atoms with Gasteiger partial charge in [0.15, 0.2) is 0 Å². The van der Waals surface area contributed by atoms with Crippen LogP contribution in [0.3, 0.4) is 0 Å². The van der Waals surface area contributed by atoms with Crippen molar-refractivity contribution in [2.24, 2.45) is 17.3 Å². The van der Waals surface area contributed by atoms with E-state index in [1.165, 1.54) is 0 Å². The van der Waals surface area contributed by atoms with Crippen molar-refractivity contribution in [2.45, 2.75) is 40.0 Å². The van der Waals surface area contributed by atoms with Crippen LogP contribution in [0.2, 0.25) is 0 Å². The number of hydrogen-bond acceptors (Lipinski definition) is 2. The predicted molar refractivity (Wildman–Crippen MR) is 60.8 cm³/mol. The first-order valence-corrected chi connectivity index (χ1v) is 5.96. The molecule has 2 atom stereocenters. The number of carboxylic acids is 1. The lowest BCUT2D eigenvalue weighted by molar-refractivity contribution is -0.152. The van der Waals surface area contributed by atoms with Gasteiger partial charge in [0.05, 0.1) is 5.41 Å². The van der Waals surface area contributed by atoms with Crippen LogP contribution in [0.5, 0.6) is 0 Å². The molecule has 0 amide bonds. The number of nitrogens with one attached hydrogen (secondary N) is 1. The normalized spacial score (nSPS) is 31.9. The number of piperidine rings is 1. The lowest BCUT2D eigenvalue weighted by atomic mass is 9.70. The molecule has 0 saturated carbocycles. The second-order valence-electron chi connectivity index (χ2n) is 5.17. The largest absolute Gasteiger partial charge is 0.481 e. The first-order valence-electron chi connectivity index (χ1n) is 5.96. The first kappa shape index (κ1) is 12.5. The van der Waals surface area contributed by atoms with Gasteiger partial charge < -0.3 is 10.4 Å². The molecule has 15 heavy (non-hydrogen) atoms. The molecule has 1 saturated heterocycles. The Morgan fingerprint density at radius 2 is 2.27 bits per heavy atom. The van der Waals surface area contributed by atoms with Crippen LogP contribution in [-0.4, -0.2) is 24.2 Å². The molecule has 1 rings (SSSR count). The van der Waals surface area contributed by atoms with Crippen LogP contribution < -0.4 is 5.32 Å². The fourth-order valence-corrected chi connectivity index (χ4v) is 2.55. The maximum absolute atomic E-state index is 11.4. The van der Waals surface area contributed by atoms with Gasteiger partial charge in [0.1, 0.15) is 0 Å². The molecule has 1 fully saturated rings. The van der Waals surface area contributed by atoms with E-state index < -0.39 is 11.4 Å². The molecule has 1 aliphatic rings. The maximum Gasteiger partial charge on any atom is 0.310 e. The summed E-state index contributed by atoms with van der Waals surface area (Å²) in [5.74, 6) is 0.442. The fraction of sp³-hybridized carbons (Fsp3) is 0.917. The minimum absolute atomic E-state index is 0.501. The third kappa shape index (κ3) is 2.71. The van der Waals surface area contributed by atoms with Crippen molar-refractivity contribution < 1.29 is 9.90 Å². The van der Waals surface area contributed by atoms with E-state index >= 15 is 0 Å². The van der Waals surface area contributed by atoms with Crippen molar-refractivity contribution in [3.8, 4) is 0 Å². The van der Waals surface area contributed by atoms with E-state index in [2.05, 4.69) is 26.1 Å². The summed E-state index contributed by atoms with van der Waals surface area (Å²) in [6, 6.07) is 0. The topological polar surface area (TPSA) is 49.3 Å². The van der Waals surface area contributed by atoms with Gasteiger partial charge >= 0.3 is 5.97 Å². The Morgan fingerprint density at radius 1 is 1.60 bits per heavy atom. The van der Waals surface area contributed by atoms with Crippen LogP contribution in [0.1, 0.15) is 40.0 Å². The molecule has 0 aliphatic carbocycles. The van der Waals surface area contributed by atoms with Crippen LogP contribution in [-0.2, 0) is 4.79 Å². The molecule has 0 aromatic heterocycles. The summed E-state index contributed by atoms with van der Waals surface area (Å²) in [7, 11) is 0. The lowest BCUT2D eigenvalue weighted by Crippen LogP contribution is -2.50. The zero-order chi connectivity index (χ0) is 11.5. The summed E-state index contributed by atoms with van der Waals surface area (Å²) in [6.45, 7) is 8.02. The molecule has 0 spiro atoms. The number of rotatable bonds is 4. The number of hydrogen-bond donors (Lipinski definition) is 2. The van der Waals surface area contributed by atoms with Crippen molar-refractivity contribution >= 4 is 5.97 Å². The summed E-state index contributed by atoms with van der Waals surface area (Å²) in [4.78, 5) is 11.4. The van der Waals surface area contributed by atoms with Crippen LogP contribution in [0.15, 0.2) is 0 Å². The van der Waals surface area contributed by atoms with E-state index in [0.29, 0.717) is 18.4 Å². The van der Waals surface area contributed by atoms with Gasteiger partial charge in [-0.2, -0.15) is 0 Å². The molecule has 1 heterocycles. The summed E-state index contributed by atoms with van der Waals surface area (Å²) in [5, 5.41) is 12.7. The van der Waals surface area contributed by atoms with Gasteiger partial charge in [0.2, 0.25) is 0 Å². The summed E-state index contributed by atoms with van der Waals surface area (Å²) in [5.41, 5.74) is -0.512. The zero-order valence-electron chi connectivity index (χ0n) is 10.0. The molecule has 0 radical (unpaired) electrons. The molecule has 0 bridgehead atoms. The summed E-state index contributed by atoms with van der Waals surface area (Å²) in [6.07, 6.45) is 2.57. The maximum atomic E-state index is 11.4. The van der Waals surface area contributed by atoms with Gasteiger partial charge in [0.25, 0.3) is 0 Å². The fourth-order valence-electron chi connectivity index (χ4n) is 2.55. The molecular formula is C12H23NO2. The Bertz CT molecular complexity index is 224. The highest BCUT2D eigenvalue weighted by molar-refractivity contribution is 5.75. The SMILES string of the molecule is CCC[C@]1(C(=O)O)CNC[C@H](C(C)C)C1. The van der Waals surface area contributed by atoms with Gasteiger partial charge in [-0.15, -0.1) is 0 Å². The molecule has 88 valence electrons. The third-order valence-electron chi connectivity index (χ3n) is 3.65. The molecule has 0 unspecified atom stereocenters. The zero-order valence-corrected chi connectivity index (χ0v) is 10.0. The lowest BCUT2D eigenvalue weighted by Gasteiger charge is -2.39. The average Bonchev–Trinajstić information content (AvgIpc) is 2.18. The highest BCUT2D eigenvalue weighted by Gasteiger charge is 2.42. The first-order chi connectivity index (χ1) is 7.02. The molecule has 1 aliphatic heterocycles. The Labute approximate surface area is 92.3 Å². The monoisotopic (exact) mass is 213 g/mol. The van der Waals surface area contributed by atoms with E-state index in [1.807, 2.05) is 0 Å². The Morgan fingerprint density at radius 3 is 2.73 bits per heavy atom. The van der Waals surface area contributed by atoms with E-state index in [4.69, 9.17) is 0 Å². The van der Waals surface area contributed by atoms with Crippen molar-refractivity contribution in [1.29, 1.82) is 0 Å². The van der Waals surface area contributed by atoms with Gasteiger partial charge in [-0.3, -0.25) is 4.79 Å². The molecule has 3 nitrogen and oxygen atoms in total. The minimum Gasteiger partial charge on any atom is -0.481 e. The molecule has 0 aromatic carbocycles. The van der Waals surface area contributed by atoms with Crippen LogP contribution in [0.25, 0.3) is 0 Å². The number of aliphatic carboxylic acids is 1. The van der Waals surface area contributed by atoms with Crippen LogP contribution in [0.4, 0.5) is 0 Å². The second kappa shape index (κ2) is 4.97. The standard InChI is InChI=1S/C12H23NO2/c1-4-5-12(11(14)15)6-10(9(2)3)7-13-8-12/h9-10,13H,4-8H2,1-3H3,(H,14,15)/t10-,12-/m1/s1. The Kier molecular flexibility index (Phi) is 4.14. The van der Waals surface area contributed by atoms with Gasteiger partial charge in [-0.25, -0.2) is 0 Å². The van der Waals surface area contributed by atoms with Gasteiger partial charge in [0, 0.05) is 6.54 Å². The van der Waals surface area contributed by atoms with E-state index in [9.17, 15) is 9.90 Å². The summed E-state index contributed by atoms with van der Waals surface area (Å²) >= 11 is 0. The summed E-state index contributed by atoms with van der Waals surface area (Å²) < 4.78 is 0. The van der Waals surface area contributed by atoms with Gasteiger partial charge in [-0.1, -0.05) is 27.2 Å². The Hall–Kier alpha value is -0.570. The molecular weight excluding hydrogens is 190 g/mol. The van der Waals surface area contributed by atoms with Crippen LogP contribution >= 0.6 is 0 Å². The van der Waals surface area contributed by atoms with E-state index in [-0.39, 0.29) is 0 Å². The van der Waals surface area contributed by atoms with Crippen molar-refractivity contribution in [3.63, 3.8) is 0 Å². The van der Waals surface area contributed by atoms with Gasteiger partial charge in [-0.05, 0) is 31.2 Å². The van der Waals surface area contributed by atoms with E-state index in [0.717, 1.165) is 25.8 Å². The Balaban J connectivity index is 2.75. The predicted octanol–water partition coefficient (Wildman–Crippen LogP) is 2.12. The van der Waals surface area contributed by atoms with Crippen LogP contribution in [0, 0.1) is 17.3 Å². The third-order valence-corrected chi connectivity index (χ3v) is 3.65. The number of carboxylic acid groups (broad SMARTS) is 1. The average molecular weight is 213 g/mol. The minimum atomic E-state index is -0.623. The van der Waals surface area contributed by atoms with Crippen molar-refractivity contribution in [3.05, 3.63) is 0 Å². The quantitative estimate of drug-likeness (QED) is 0.752. The highest BCUT2D eigenvalue weighted by atomic mass is 16.4. The smallest absolute Gasteiger partial charge is 0.310 e. The second-order valence-corrected chi connectivity index (χ2v) is 5.17. The molecule has 2 N–H and O–H groups in total. The molecule has 0 aromatic rings. The number of carbonyl (C=O) groups is 1.